The van der Waals surface area contributed by atoms with Crippen LogP contribution >= 0.6 is 0 Å². The maximum atomic E-state index is 12.9. The predicted octanol–water partition coefficient (Wildman–Crippen LogP) is 3.73. The molecule has 9 heteroatoms. The molecule has 0 bridgehead atoms. The number of pyridine rings is 2. The van der Waals surface area contributed by atoms with E-state index in [2.05, 4.69) is 21.9 Å². The van der Waals surface area contributed by atoms with E-state index in [1.165, 1.54) is 18.2 Å². The van der Waals surface area contributed by atoms with Gasteiger partial charge in [-0.15, -0.1) is 0 Å². The fourth-order valence-electron chi connectivity index (χ4n) is 3.94. The summed E-state index contributed by atoms with van der Waals surface area (Å²) in [7, 11) is 0. The Balaban J connectivity index is 1.67. The molecule has 2 aromatic heterocycles. The summed E-state index contributed by atoms with van der Waals surface area (Å²) in [4.78, 5) is 22.5. The van der Waals surface area contributed by atoms with Gasteiger partial charge < -0.3 is 15.3 Å². The first-order chi connectivity index (χ1) is 15.3. The van der Waals surface area contributed by atoms with Crippen molar-refractivity contribution in [1.82, 2.24) is 14.9 Å². The van der Waals surface area contributed by atoms with Crippen LogP contribution in [0.4, 0.5) is 19.0 Å². The van der Waals surface area contributed by atoms with Crippen LogP contribution in [0.2, 0.25) is 0 Å². The minimum atomic E-state index is -4.41. The molecule has 3 aromatic rings. The average molecular weight is 442 g/mol. The smallest absolute Gasteiger partial charge is 0.396 e. The average Bonchev–Trinajstić information content (AvgIpc) is 3.21. The number of benzene rings is 1. The molecule has 1 fully saturated rings. The summed E-state index contributed by atoms with van der Waals surface area (Å²) >= 11 is 0. The number of aromatic nitrogens is 2. The van der Waals surface area contributed by atoms with Crippen molar-refractivity contribution < 1.29 is 23.1 Å². The van der Waals surface area contributed by atoms with Crippen LogP contribution in [0.25, 0.3) is 22.0 Å². The summed E-state index contributed by atoms with van der Waals surface area (Å²) in [5.41, 5.74) is 1.04. The van der Waals surface area contributed by atoms with E-state index in [9.17, 15) is 23.1 Å². The Morgan fingerprint density at radius 2 is 1.97 bits per heavy atom. The highest BCUT2D eigenvalue weighted by Gasteiger charge is 2.34. The quantitative estimate of drug-likeness (QED) is 0.589. The molecule has 166 valence electrons. The number of nitrogens with one attached hydrogen (secondary N) is 1. The van der Waals surface area contributed by atoms with Gasteiger partial charge in [-0.05, 0) is 35.9 Å². The van der Waals surface area contributed by atoms with Crippen molar-refractivity contribution in [2.24, 2.45) is 5.92 Å². The molecule has 0 aliphatic carbocycles. The molecular weight excluding hydrogens is 421 g/mol. The summed E-state index contributed by atoms with van der Waals surface area (Å²) in [6.07, 6.45) is 0.00953. The van der Waals surface area contributed by atoms with Crippen LogP contribution in [0, 0.1) is 5.92 Å². The van der Waals surface area contributed by atoms with Gasteiger partial charge >= 0.3 is 6.18 Å². The van der Waals surface area contributed by atoms with Gasteiger partial charge in [0.15, 0.2) is 0 Å². The molecule has 4 rings (SSSR count). The molecule has 2 N–H and O–H groups in total. The van der Waals surface area contributed by atoms with Gasteiger partial charge in [-0.2, -0.15) is 13.2 Å². The highest BCUT2D eigenvalue weighted by molar-refractivity contribution is 5.99. The Labute approximate surface area is 182 Å². The van der Waals surface area contributed by atoms with Gasteiger partial charge in [0.05, 0.1) is 17.1 Å². The van der Waals surface area contributed by atoms with Gasteiger partial charge in [0.25, 0.3) is 0 Å². The number of anilines is 1. The Morgan fingerprint density at radius 3 is 2.62 bits per heavy atom. The lowest BCUT2D eigenvalue weighted by Crippen LogP contribution is -2.32. The molecule has 1 aromatic carbocycles. The number of carbonyl (C=O) groups excluding carboxylic acids is 1. The number of rotatable bonds is 5. The lowest BCUT2D eigenvalue weighted by atomic mass is 10.0. The molecule has 0 radical (unpaired) electrons. The Bertz CT molecular complexity index is 1150. The number of fused-ring (bicyclic) bond motifs is 1. The van der Waals surface area contributed by atoms with E-state index in [1.807, 2.05) is 6.07 Å². The van der Waals surface area contributed by atoms with Crippen LogP contribution in [0.5, 0.6) is 0 Å². The fraction of sp³-hybridized carbons (Fsp3) is 0.261. The zero-order chi connectivity index (χ0) is 22.9. The van der Waals surface area contributed by atoms with Crippen molar-refractivity contribution in [2.45, 2.75) is 12.2 Å². The van der Waals surface area contributed by atoms with Gasteiger partial charge in [0.1, 0.15) is 5.82 Å². The van der Waals surface area contributed by atoms with Crippen LogP contribution in [-0.4, -0.2) is 51.6 Å². The first kappa shape index (κ1) is 21.8. The van der Waals surface area contributed by atoms with E-state index < -0.39 is 11.7 Å². The van der Waals surface area contributed by atoms with Crippen LogP contribution in [0.1, 0.15) is 5.56 Å². The molecule has 32 heavy (non-hydrogen) atoms. The van der Waals surface area contributed by atoms with E-state index in [-0.39, 0.29) is 24.5 Å². The number of aliphatic hydroxyl groups excluding tert-OH is 1. The minimum Gasteiger partial charge on any atom is -0.396 e. The number of alkyl halides is 3. The lowest BCUT2D eigenvalue weighted by molar-refractivity contribution is -0.137. The maximum Gasteiger partial charge on any atom is 0.416 e. The van der Waals surface area contributed by atoms with Crippen molar-refractivity contribution in [2.75, 3.05) is 25.0 Å². The van der Waals surface area contributed by atoms with Gasteiger partial charge in [-0.25, -0.2) is 4.98 Å². The molecule has 1 aliphatic heterocycles. The fourth-order valence-corrected chi connectivity index (χ4v) is 3.94. The first-order valence-corrected chi connectivity index (χ1v) is 10.0. The number of amides is 1. The van der Waals surface area contributed by atoms with E-state index in [4.69, 9.17) is 0 Å². The summed E-state index contributed by atoms with van der Waals surface area (Å²) in [5.74, 6) is 0.145. The molecule has 0 spiro atoms. The van der Waals surface area contributed by atoms with Gasteiger partial charge in [-0.3, -0.25) is 9.78 Å². The van der Waals surface area contributed by atoms with Crippen molar-refractivity contribution in [3.63, 3.8) is 0 Å². The van der Waals surface area contributed by atoms with Gasteiger partial charge in [0, 0.05) is 49.0 Å². The number of hydrogen-bond acceptors (Lipinski definition) is 5. The number of halogens is 3. The first-order valence-electron chi connectivity index (χ1n) is 10.0. The Kier molecular flexibility index (Phi) is 5.84. The number of likely N-dealkylation sites (tertiary alicyclic amines) is 1. The van der Waals surface area contributed by atoms with Crippen LogP contribution < -0.4 is 5.32 Å². The zero-order valence-corrected chi connectivity index (χ0v) is 17.0. The zero-order valence-electron chi connectivity index (χ0n) is 17.0. The third-order valence-electron chi connectivity index (χ3n) is 5.65. The van der Waals surface area contributed by atoms with Crippen LogP contribution in [0.3, 0.4) is 0 Å². The Morgan fingerprint density at radius 1 is 1.22 bits per heavy atom. The largest absolute Gasteiger partial charge is 0.416 e. The van der Waals surface area contributed by atoms with E-state index in [1.54, 1.807) is 23.4 Å². The molecular formula is C23H21F3N4O2. The standard InChI is InChI=1S/C23H21F3N4O2/c1-2-20(32)30-11-15(13-31)19(12-30)29-22-17-4-3-9-27-21(17)18(10-28-22)14-5-7-16(8-6-14)23(24,25)26/h2-10,15,19,31H,1,11-13H2,(H,28,29)/t15-,19+/m0/s1. The molecule has 1 saturated heterocycles. The second-order valence-corrected chi connectivity index (χ2v) is 7.64. The Hall–Kier alpha value is -3.46. The van der Waals surface area contributed by atoms with E-state index in [0.29, 0.717) is 40.9 Å². The van der Waals surface area contributed by atoms with Crippen LogP contribution in [-0.2, 0) is 11.0 Å². The number of hydrogen-bond donors (Lipinski definition) is 2. The van der Waals surface area contributed by atoms with Crippen LogP contribution in [0.15, 0.2) is 61.4 Å². The summed E-state index contributed by atoms with van der Waals surface area (Å²) in [6, 6.07) is 8.21. The van der Waals surface area contributed by atoms with Crippen molar-refractivity contribution >= 4 is 22.6 Å². The van der Waals surface area contributed by atoms with Crippen molar-refractivity contribution in [3.8, 4) is 11.1 Å². The SMILES string of the molecule is C=CC(=O)N1C[C@@H](CO)[C@H](Nc2ncc(-c3ccc(C(F)(F)F)cc3)c3ncccc23)C1. The molecule has 2 atom stereocenters. The molecule has 1 amide bonds. The molecule has 3 heterocycles. The molecule has 6 nitrogen and oxygen atoms in total. The number of aliphatic hydroxyl groups is 1. The monoisotopic (exact) mass is 442 g/mol. The third kappa shape index (κ3) is 4.16. The summed E-state index contributed by atoms with van der Waals surface area (Å²) in [5, 5.41) is 13.8. The predicted molar refractivity (Wildman–Crippen MR) is 115 cm³/mol. The highest BCUT2D eigenvalue weighted by atomic mass is 19.4. The van der Waals surface area contributed by atoms with E-state index >= 15 is 0 Å². The third-order valence-corrected chi connectivity index (χ3v) is 5.65. The number of nitrogens with zero attached hydrogens (tertiary/aromatic N) is 3. The number of carbonyl (C=O) groups is 1. The van der Waals surface area contributed by atoms with Crippen molar-refractivity contribution in [3.05, 3.63) is 67.0 Å². The minimum absolute atomic E-state index is 0.0988. The maximum absolute atomic E-state index is 12.9. The van der Waals surface area contributed by atoms with Gasteiger partial charge in [0.2, 0.25) is 5.91 Å². The van der Waals surface area contributed by atoms with E-state index in [0.717, 1.165) is 12.1 Å². The van der Waals surface area contributed by atoms with Crippen molar-refractivity contribution in [1.29, 1.82) is 0 Å². The molecule has 1 aliphatic rings. The normalized spacial score (nSPS) is 18.7. The molecule has 0 saturated carbocycles. The topological polar surface area (TPSA) is 78.4 Å². The van der Waals surface area contributed by atoms with Gasteiger partial charge in [-0.1, -0.05) is 18.7 Å². The second-order valence-electron chi connectivity index (χ2n) is 7.64. The lowest BCUT2D eigenvalue weighted by Gasteiger charge is -2.20. The second kappa shape index (κ2) is 8.58. The highest BCUT2D eigenvalue weighted by Crippen LogP contribution is 2.34. The summed E-state index contributed by atoms with van der Waals surface area (Å²) in [6.45, 7) is 4.20. The summed E-state index contributed by atoms with van der Waals surface area (Å²) < 4.78 is 38.7. The molecule has 0 unspecified atom stereocenters.